The van der Waals surface area contributed by atoms with Gasteiger partial charge in [-0.3, -0.25) is 0 Å². The minimum atomic E-state index is -4.66. The van der Waals surface area contributed by atoms with Gasteiger partial charge in [-0.2, -0.15) is 17.9 Å². The highest BCUT2D eigenvalue weighted by atomic mass is 35.5. The fourth-order valence-electron chi connectivity index (χ4n) is 3.15. The summed E-state index contributed by atoms with van der Waals surface area (Å²) >= 11 is 5.88. The van der Waals surface area contributed by atoms with Gasteiger partial charge in [0.2, 0.25) is 0 Å². The molecule has 7 nitrogen and oxygen atoms in total. The number of benzene rings is 1. The third kappa shape index (κ3) is 4.23. The van der Waals surface area contributed by atoms with E-state index >= 15 is 0 Å². The molecule has 0 N–H and O–H groups in total. The van der Waals surface area contributed by atoms with E-state index in [0.29, 0.717) is 16.8 Å². The van der Waals surface area contributed by atoms with Crippen LogP contribution in [0.2, 0.25) is 5.02 Å². The molecule has 13 heteroatoms. The maximum Gasteiger partial charge on any atom is 0.416 e. The van der Waals surface area contributed by atoms with E-state index in [-0.39, 0.29) is 27.5 Å². The summed E-state index contributed by atoms with van der Waals surface area (Å²) in [5.41, 5.74) is -1.86. The third-order valence-electron chi connectivity index (χ3n) is 4.80. The first-order chi connectivity index (χ1) is 15.4. The lowest BCUT2D eigenvalue weighted by molar-refractivity contribution is -0.137. The van der Waals surface area contributed by atoms with Gasteiger partial charge in [-0.1, -0.05) is 18.5 Å². The second-order valence-electron chi connectivity index (χ2n) is 6.94. The number of rotatable bonds is 4. The third-order valence-corrected chi connectivity index (χ3v) is 6.75. The van der Waals surface area contributed by atoms with Crippen molar-refractivity contribution in [3.63, 3.8) is 0 Å². The lowest BCUT2D eigenvalue weighted by Crippen LogP contribution is -2.23. The van der Waals surface area contributed by atoms with Gasteiger partial charge in [-0.05, 0) is 42.0 Å². The molecule has 33 heavy (non-hydrogen) atoms. The van der Waals surface area contributed by atoms with E-state index in [9.17, 15) is 30.8 Å². The first-order valence-corrected chi connectivity index (χ1v) is 11.3. The number of alkyl halides is 3. The Morgan fingerprint density at radius 3 is 2.45 bits per heavy atom. The average molecular weight is 501 g/mol. The minimum Gasteiger partial charge on any atom is -0.250 e. The second kappa shape index (κ2) is 7.96. The molecule has 4 aromatic rings. The highest BCUT2D eigenvalue weighted by molar-refractivity contribution is 7.91. The zero-order valence-electron chi connectivity index (χ0n) is 16.6. The van der Waals surface area contributed by atoms with Crippen LogP contribution in [0.15, 0.2) is 58.5 Å². The number of sulfone groups is 1. The zero-order chi connectivity index (χ0) is 24.1. The van der Waals surface area contributed by atoms with Crippen LogP contribution in [0.1, 0.15) is 12.5 Å². The molecule has 0 aliphatic carbocycles. The van der Waals surface area contributed by atoms with E-state index in [1.807, 2.05) is 0 Å². The van der Waals surface area contributed by atoms with E-state index in [1.54, 1.807) is 0 Å². The number of fused-ring (bicyclic) bond motifs is 1. The van der Waals surface area contributed by atoms with Gasteiger partial charge < -0.3 is 0 Å². The topological polar surface area (TPSA) is 86.3 Å². The SMILES string of the molecule is CCS(=O)(=O)c1cc(-c2cc(F)cc(Cl)c2)cnc1-n1nc2cc(C(F)(F)F)ccn2c1=O. The van der Waals surface area contributed by atoms with Crippen molar-refractivity contribution in [2.45, 2.75) is 18.0 Å². The van der Waals surface area contributed by atoms with Gasteiger partial charge in [0, 0.05) is 23.0 Å². The molecule has 1 aromatic carbocycles. The fraction of sp³-hybridized carbons (Fsp3) is 0.150. The molecule has 0 radical (unpaired) electrons. The van der Waals surface area contributed by atoms with Crippen molar-refractivity contribution >= 4 is 27.1 Å². The number of hydrogen-bond acceptors (Lipinski definition) is 5. The molecule has 0 unspecified atom stereocenters. The maximum atomic E-state index is 13.8. The van der Waals surface area contributed by atoms with Gasteiger partial charge in [0.25, 0.3) is 0 Å². The average Bonchev–Trinajstić information content (AvgIpc) is 3.08. The van der Waals surface area contributed by atoms with Crippen LogP contribution in [0.25, 0.3) is 22.6 Å². The van der Waals surface area contributed by atoms with Gasteiger partial charge in [0.05, 0.1) is 11.3 Å². The van der Waals surface area contributed by atoms with Gasteiger partial charge in [0.1, 0.15) is 10.7 Å². The standard InChI is InChI=1S/C20H13ClF4N4O3S/c1-2-33(31,32)16-7-12(11-5-14(21)9-15(22)6-11)10-26-18(16)29-19(30)28-4-3-13(20(23,24)25)8-17(28)27-29/h3-10H,2H2,1H3. The smallest absolute Gasteiger partial charge is 0.250 e. The van der Waals surface area contributed by atoms with E-state index in [1.165, 1.54) is 25.3 Å². The molecule has 0 spiro atoms. The summed E-state index contributed by atoms with van der Waals surface area (Å²) in [6, 6.07) is 6.15. The molecule has 0 aliphatic rings. The molecule has 0 amide bonds. The Morgan fingerprint density at radius 1 is 1.09 bits per heavy atom. The van der Waals surface area contributed by atoms with E-state index in [0.717, 1.165) is 22.7 Å². The van der Waals surface area contributed by atoms with E-state index < -0.39 is 43.8 Å². The van der Waals surface area contributed by atoms with Crippen LogP contribution in [-0.4, -0.2) is 33.3 Å². The van der Waals surface area contributed by atoms with Gasteiger partial charge in [-0.25, -0.2) is 27.0 Å². The molecule has 0 saturated carbocycles. The highest BCUT2D eigenvalue weighted by Gasteiger charge is 2.31. The Hall–Kier alpha value is -3.25. The summed E-state index contributed by atoms with van der Waals surface area (Å²) in [5, 5.41) is 3.93. The molecule has 172 valence electrons. The predicted molar refractivity (Wildman–Crippen MR) is 112 cm³/mol. The minimum absolute atomic E-state index is 0.0750. The Labute approximate surface area is 188 Å². The number of aromatic nitrogens is 4. The van der Waals surface area contributed by atoms with Crippen molar-refractivity contribution in [2.24, 2.45) is 0 Å². The first kappa shape index (κ1) is 22.9. The Bertz CT molecular complexity index is 1540. The van der Waals surface area contributed by atoms with Crippen molar-refractivity contribution in [1.29, 1.82) is 0 Å². The van der Waals surface area contributed by atoms with Crippen LogP contribution in [0, 0.1) is 5.82 Å². The second-order valence-corrected chi connectivity index (χ2v) is 9.63. The molecule has 3 heterocycles. The molecular weight excluding hydrogens is 488 g/mol. The van der Waals surface area contributed by atoms with Crippen molar-refractivity contribution in [3.05, 3.63) is 75.7 Å². The molecule has 0 bridgehead atoms. The van der Waals surface area contributed by atoms with Crippen LogP contribution >= 0.6 is 11.6 Å². The summed E-state index contributed by atoms with van der Waals surface area (Å²) in [6.45, 7) is 1.37. The molecule has 3 aromatic heterocycles. The van der Waals surface area contributed by atoms with Crippen LogP contribution < -0.4 is 5.69 Å². The Morgan fingerprint density at radius 2 is 1.82 bits per heavy atom. The normalized spacial score (nSPS) is 12.4. The van der Waals surface area contributed by atoms with Crippen molar-refractivity contribution in [3.8, 4) is 16.9 Å². The molecule has 0 saturated heterocycles. The van der Waals surface area contributed by atoms with Gasteiger partial charge in [0.15, 0.2) is 21.3 Å². The van der Waals surface area contributed by atoms with Crippen molar-refractivity contribution in [1.82, 2.24) is 19.2 Å². The molecular formula is C20H13ClF4N4O3S. The number of pyridine rings is 2. The maximum absolute atomic E-state index is 13.8. The van der Waals surface area contributed by atoms with Gasteiger partial charge in [-0.15, -0.1) is 5.10 Å². The summed E-state index contributed by atoms with van der Waals surface area (Å²) in [7, 11) is -3.99. The fourth-order valence-corrected chi connectivity index (χ4v) is 4.40. The van der Waals surface area contributed by atoms with Crippen molar-refractivity contribution in [2.75, 3.05) is 5.75 Å². The lowest BCUT2D eigenvalue weighted by Gasteiger charge is -2.10. The quantitative estimate of drug-likeness (QED) is 0.393. The summed E-state index contributed by atoms with van der Waals surface area (Å²) in [5.74, 6) is -1.42. The summed E-state index contributed by atoms with van der Waals surface area (Å²) in [6.07, 6.45) is -2.59. The van der Waals surface area contributed by atoms with Crippen molar-refractivity contribution < 1.29 is 26.0 Å². The Kier molecular flexibility index (Phi) is 5.53. The van der Waals surface area contributed by atoms with E-state index in [2.05, 4.69) is 10.1 Å². The number of halogens is 5. The van der Waals surface area contributed by atoms with Crippen LogP contribution in [0.3, 0.4) is 0 Å². The van der Waals surface area contributed by atoms with Gasteiger partial charge >= 0.3 is 11.9 Å². The number of hydrogen-bond donors (Lipinski definition) is 0. The predicted octanol–water partition coefficient (Wildman–Crippen LogP) is 4.15. The summed E-state index contributed by atoms with van der Waals surface area (Å²) in [4.78, 5) is 16.4. The molecule has 0 aliphatic heterocycles. The summed E-state index contributed by atoms with van der Waals surface area (Å²) < 4.78 is 79.9. The number of nitrogens with zero attached hydrogens (tertiary/aromatic N) is 4. The zero-order valence-corrected chi connectivity index (χ0v) is 18.2. The monoisotopic (exact) mass is 500 g/mol. The highest BCUT2D eigenvalue weighted by Crippen LogP contribution is 2.30. The molecule has 4 rings (SSSR count). The van der Waals surface area contributed by atoms with Crippen LogP contribution in [-0.2, 0) is 16.0 Å². The first-order valence-electron chi connectivity index (χ1n) is 9.29. The van der Waals surface area contributed by atoms with Crippen LogP contribution in [0.5, 0.6) is 0 Å². The molecule has 0 fully saturated rings. The van der Waals surface area contributed by atoms with Crippen LogP contribution in [0.4, 0.5) is 17.6 Å². The lowest BCUT2D eigenvalue weighted by atomic mass is 10.1. The largest absolute Gasteiger partial charge is 0.416 e. The van der Waals surface area contributed by atoms with E-state index in [4.69, 9.17) is 11.6 Å². The Balaban J connectivity index is 1.96. The molecule has 0 atom stereocenters.